The van der Waals surface area contributed by atoms with Crippen LogP contribution >= 0.6 is 11.6 Å². The molecule has 0 saturated heterocycles. The van der Waals surface area contributed by atoms with Crippen LogP contribution in [0.25, 0.3) is 11.3 Å². The molecule has 0 radical (unpaired) electrons. The maximum Gasteiger partial charge on any atom is 0.0682 e. The number of nitrogens with two attached hydrogens (primary N) is 1. The van der Waals surface area contributed by atoms with Crippen LogP contribution in [0.1, 0.15) is 5.56 Å². The molecule has 2 aromatic rings. The maximum atomic E-state index is 5.83. The molecule has 0 saturated carbocycles. The Labute approximate surface area is 93.3 Å². The zero-order valence-corrected chi connectivity index (χ0v) is 8.96. The van der Waals surface area contributed by atoms with E-state index in [-0.39, 0.29) is 0 Å². The fraction of sp³-hybridized carbons (Fsp3) is 0.182. The summed E-state index contributed by atoms with van der Waals surface area (Å²) >= 11 is 5.83. The van der Waals surface area contributed by atoms with E-state index in [9.17, 15) is 0 Å². The summed E-state index contributed by atoms with van der Waals surface area (Å²) in [6.45, 7) is 0.625. The molecule has 0 spiro atoms. The summed E-state index contributed by atoms with van der Waals surface area (Å²) in [6, 6.07) is 7.67. The van der Waals surface area contributed by atoms with Gasteiger partial charge in [-0.05, 0) is 36.2 Å². The van der Waals surface area contributed by atoms with E-state index in [1.165, 1.54) is 0 Å². The van der Waals surface area contributed by atoms with E-state index in [0.29, 0.717) is 6.54 Å². The first-order valence-corrected chi connectivity index (χ1v) is 5.17. The normalized spacial score (nSPS) is 10.5. The van der Waals surface area contributed by atoms with Crippen molar-refractivity contribution in [2.24, 2.45) is 5.73 Å². The molecule has 1 aromatic carbocycles. The van der Waals surface area contributed by atoms with Gasteiger partial charge in [-0.25, -0.2) is 0 Å². The summed E-state index contributed by atoms with van der Waals surface area (Å²) in [5.74, 6) is 0. The molecule has 0 atom stereocenters. The second-order valence-electron chi connectivity index (χ2n) is 3.32. The Morgan fingerprint density at radius 3 is 2.67 bits per heavy atom. The van der Waals surface area contributed by atoms with Crippen molar-refractivity contribution >= 4 is 11.6 Å². The summed E-state index contributed by atoms with van der Waals surface area (Å²) < 4.78 is 0. The molecule has 2 rings (SSSR count). The zero-order valence-electron chi connectivity index (χ0n) is 8.20. The van der Waals surface area contributed by atoms with Crippen LogP contribution in [-0.2, 0) is 6.42 Å². The van der Waals surface area contributed by atoms with Gasteiger partial charge in [0.2, 0.25) is 0 Å². The van der Waals surface area contributed by atoms with Crippen molar-refractivity contribution < 1.29 is 0 Å². The summed E-state index contributed by atoms with van der Waals surface area (Å²) in [6.07, 6.45) is 2.64. The minimum atomic E-state index is 0.625. The number of H-pyrrole nitrogens is 1. The molecule has 0 amide bonds. The quantitative estimate of drug-likeness (QED) is 0.835. The average molecular weight is 222 g/mol. The van der Waals surface area contributed by atoms with Crippen molar-refractivity contribution in [1.82, 2.24) is 10.2 Å². The molecule has 0 aliphatic heterocycles. The van der Waals surface area contributed by atoms with Crippen LogP contribution in [0, 0.1) is 0 Å². The first-order valence-electron chi connectivity index (χ1n) is 4.79. The monoisotopic (exact) mass is 221 g/mol. The summed E-state index contributed by atoms with van der Waals surface area (Å²) in [5.41, 5.74) is 8.78. The number of hydrogen-bond donors (Lipinski definition) is 2. The molecule has 3 nitrogen and oxygen atoms in total. The van der Waals surface area contributed by atoms with Crippen LogP contribution in [0.3, 0.4) is 0 Å². The molecule has 15 heavy (non-hydrogen) atoms. The lowest BCUT2D eigenvalue weighted by molar-refractivity contribution is 0.972. The van der Waals surface area contributed by atoms with Crippen LogP contribution in [0.2, 0.25) is 5.02 Å². The fourth-order valence-electron chi connectivity index (χ4n) is 1.52. The van der Waals surface area contributed by atoms with Gasteiger partial charge in [0.05, 0.1) is 11.9 Å². The molecule has 1 heterocycles. The third-order valence-corrected chi connectivity index (χ3v) is 2.52. The number of aromatic nitrogens is 2. The summed E-state index contributed by atoms with van der Waals surface area (Å²) in [7, 11) is 0. The molecule has 0 aliphatic carbocycles. The Kier molecular flexibility index (Phi) is 3.04. The Hall–Kier alpha value is -1.32. The van der Waals surface area contributed by atoms with Gasteiger partial charge in [-0.1, -0.05) is 23.7 Å². The van der Waals surface area contributed by atoms with Crippen molar-refractivity contribution in [2.45, 2.75) is 6.42 Å². The third-order valence-electron chi connectivity index (χ3n) is 2.26. The van der Waals surface area contributed by atoms with Gasteiger partial charge in [0, 0.05) is 5.02 Å². The molecule has 3 N–H and O–H groups in total. The SMILES string of the molecule is NCCc1cn[nH]c1-c1ccc(Cl)cc1. The number of aromatic amines is 1. The number of rotatable bonds is 3. The van der Waals surface area contributed by atoms with Gasteiger partial charge in [0.25, 0.3) is 0 Å². The maximum absolute atomic E-state index is 5.83. The Bertz CT molecular complexity index is 433. The van der Waals surface area contributed by atoms with E-state index in [1.807, 2.05) is 30.5 Å². The van der Waals surface area contributed by atoms with Gasteiger partial charge < -0.3 is 5.73 Å². The van der Waals surface area contributed by atoms with E-state index in [4.69, 9.17) is 17.3 Å². The van der Waals surface area contributed by atoms with Gasteiger partial charge in [-0.3, -0.25) is 5.10 Å². The van der Waals surface area contributed by atoms with E-state index >= 15 is 0 Å². The van der Waals surface area contributed by atoms with Crippen molar-refractivity contribution in [1.29, 1.82) is 0 Å². The second-order valence-corrected chi connectivity index (χ2v) is 3.75. The van der Waals surface area contributed by atoms with Crippen molar-refractivity contribution in [2.75, 3.05) is 6.54 Å². The molecule has 78 valence electrons. The highest BCUT2D eigenvalue weighted by Gasteiger charge is 2.06. The van der Waals surface area contributed by atoms with Crippen molar-refractivity contribution in [3.63, 3.8) is 0 Å². The number of nitrogens with zero attached hydrogens (tertiary/aromatic N) is 1. The first-order chi connectivity index (χ1) is 7.31. The van der Waals surface area contributed by atoms with Crippen LogP contribution in [0.4, 0.5) is 0 Å². The first kappa shape index (κ1) is 10.2. The molecule has 0 bridgehead atoms. The number of benzene rings is 1. The van der Waals surface area contributed by atoms with Crippen molar-refractivity contribution in [3.8, 4) is 11.3 Å². The van der Waals surface area contributed by atoms with E-state index < -0.39 is 0 Å². The highest BCUT2D eigenvalue weighted by Crippen LogP contribution is 2.22. The van der Waals surface area contributed by atoms with Gasteiger partial charge >= 0.3 is 0 Å². The second kappa shape index (κ2) is 4.47. The van der Waals surface area contributed by atoms with Gasteiger partial charge in [-0.15, -0.1) is 0 Å². The van der Waals surface area contributed by atoms with Gasteiger partial charge in [0.15, 0.2) is 0 Å². The highest BCUT2D eigenvalue weighted by molar-refractivity contribution is 6.30. The van der Waals surface area contributed by atoms with Gasteiger partial charge in [-0.2, -0.15) is 5.10 Å². The van der Waals surface area contributed by atoms with E-state index in [1.54, 1.807) is 0 Å². The molecule has 1 aromatic heterocycles. The van der Waals surface area contributed by atoms with Crippen LogP contribution in [-0.4, -0.2) is 16.7 Å². The molecule has 4 heteroatoms. The predicted octanol–water partition coefficient (Wildman–Crippen LogP) is 2.23. The Morgan fingerprint density at radius 1 is 1.27 bits per heavy atom. The Morgan fingerprint density at radius 2 is 2.00 bits per heavy atom. The lowest BCUT2D eigenvalue weighted by atomic mass is 10.1. The summed E-state index contributed by atoms with van der Waals surface area (Å²) in [4.78, 5) is 0. The number of halogens is 1. The summed E-state index contributed by atoms with van der Waals surface area (Å²) in [5, 5.41) is 7.74. The Balaban J connectivity index is 2.36. The van der Waals surface area contributed by atoms with E-state index in [0.717, 1.165) is 28.3 Å². The molecular weight excluding hydrogens is 210 g/mol. The molecule has 0 unspecified atom stereocenters. The van der Waals surface area contributed by atoms with Crippen molar-refractivity contribution in [3.05, 3.63) is 41.0 Å². The largest absolute Gasteiger partial charge is 0.330 e. The highest BCUT2D eigenvalue weighted by atomic mass is 35.5. The standard InChI is InChI=1S/C11H12ClN3/c12-10-3-1-8(2-4-10)11-9(5-6-13)7-14-15-11/h1-4,7H,5-6,13H2,(H,14,15). The average Bonchev–Trinajstić information content (AvgIpc) is 2.68. The smallest absolute Gasteiger partial charge is 0.0682 e. The number of hydrogen-bond acceptors (Lipinski definition) is 2. The minimum absolute atomic E-state index is 0.625. The van der Waals surface area contributed by atoms with E-state index in [2.05, 4.69) is 10.2 Å². The van der Waals surface area contributed by atoms with Crippen LogP contribution < -0.4 is 5.73 Å². The zero-order chi connectivity index (χ0) is 10.7. The van der Waals surface area contributed by atoms with Gasteiger partial charge in [0.1, 0.15) is 0 Å². The number of nitrogens with one attached hydrogen (secondary N) is 1. The fourth-order valence-corrected chi connectivity index (χ4v) is 1.65. The van der Waals surface area contributed by atoms with Crippen LogP contribution in [0.5, 0.6) is 0 Å². The lowest BCUT2D eigenvalue weighted by Gasteiger charge is -2.01. The molecular formula is C11H12ClN3. The molecule has 0 aliphatic rings. The topological polar surface area (TPSA) is 54.7 Å². The third kappa shape index (κ3) is 2.19. The van der Waals surface area contributed by atoms with Crippen LogP contribution in [0.15, 0.2) is 30.5 Å². The predicted molar refractivity (Wildman–Crippen MR) is 61.8 cm³/mol. The minimum Gasteiger partial charge on any atom is -0.330 e. The molecule has 0 fully saturated rings. The lowest BCUT2D eigenvalue weighted by Crippen LogP contribution is -2.02.